The van der Waals surface area contributed by atoms with Gasteiger partial charge in [0, 0.05) is 47.2 Å². The van der Waals surface area contributed by atoms with Gasteiger partial charge in [0.25, 0.3) is 0 Å². The third kappa shape index (κ3) is 26.9. The topological polar surface area (TPSA) is 130 Å². The predicted molar refractivity (Wildman–Crippen MR) is 362 cm³/mol. The van der Waals surface area contributed by atoms with Crippen LogP contribution in [-0.4, -0.2) is 74.4 Å². The van der Waals surface area contributed by atoms with E-state index in [0.717, 1.165) is 42.6 Å². The van der Waals surface area contributed by atoms with Gasteiger partial charge in [-0.1, -0.05) is 145 Å². The average molecular weight is 1470 g/mol. The van der Waals surface area contributed by atoms with Crippen molar-refractivity contribution in [1.82, 2.24) is 29.9 Å². The minimum Gasteiger partial charge on any atom is -0.184 e. The minimum absolute atomic E-state index is 0.106. The van der Waals surface area contributed by atoms with Crippen molar-refractivity contribution < 1.29 is 35.0 Å². The summed E-state index contributed by atoms with van der Waals surface area (Å²) in [5.74, 6) is -0.266. The van der Waals surface area contributed by atoms with E-state index in [1.165, 1.54) is 36.5 Å². The van der Waals surface area contributed by atoms with Crippen LogP contribution in [0.5, 0.6) is 0 Å². The average Bonchev–Trinajstić information content (AvgIpc) is 3.59. The molecule has 0 radical (unpaired) electrons. The summed E-state index contributed by atoms with van der Waals surface area (Å²) in [5.41, 5.74) is 10.2. The zero-order valence-corrected chi connectivity index (χ0v) is 57.0. The van der Waals surface area contributed by atoms with Crippen LogP contribution in [0.3, 0.4) is 0 Å². The molecule has 6 aromatic carbocycles. The first-order chi connectivity index (χ1) is 42.7. The van der Waals surface area contributed by atoms with Gasteiger partial charge in [-0.15, -0.1) is 11.6 Å². The number of halogens is 5. The van der Waals surface area contributed by atoms with Crippen LogP contribution in [0.2, 0.25) is 24.9 Å². The smallest absolute Gasteiger partial charge is 0.0184 e. The second-order valence-electron chi connectivity index (χ2n) is 19.2. The summed E-state index contributed by atoms with van der Waals surface area (Å²) < 4.78 is 10.5. The summed E-state index contributed by atoms with van der Waals surface area (Å²) in [4.78, 5) is 55.0. The molecule has 0 fully saturated rings. The van der Waals surface area contributed by atoms with Crippen molar-refractivity contribution >= 4 is 110 Å². The first-order valence-electron chi connectivity index (χ1n) is 27.0. The molecule has 0 aliphatic carbocycles. The number of fused-ring (bicyclic) bond motifs is 2. The summed E-state index contributed by atoms with van der Waals surface area (Å²) in [5, 5.41) is 3.09. The molecule has 0 N–H and O–H groups in total. The summed E-state index contributed by atoms with van der Waals surface area (Å²) in [6, 6.07) is 80.9. The van der Waals surface area contributed by atoms with Crippen LogP contribution < -0.4 is 3.71 Å². The number of hydrogen-bond acceptors (Lipinski definition) is 10. The monoisotopic (exact) mass is 1460 g/mol. The summed E-state index contributed by atoms with van der Waals surface area (Å²) in [6.45, 7) is 0. The van der Waals surface area contributed by atoms with Crippen LogP contribution in [0.25, 0.3) is 44.1 Å². The van der Waals surface area contributed by atoms with Gasteiger partial charge in [0.1, 0.15) is 0 Å². The molecule has 452 valence electrons. The van der Waals surface area contributed by atoms with Gasteiger partial charge in [-0.25, -0.2) is 4.79 Å². The van der Waals surface area contributed by atoms with Gasteiger partial charge in [-0.3, -0.25) is 24.9 Å². The van der Waals surface area contributed by atoms with E-state index < -0.39 is 18.4 Å². The van der Waals surface area contributed by atoms with Crippen LogP contribution in [-0.2, 0) is 37.7 Å². The predicted octanol–water partition coefficient (Wildman–Crippen LogP) is 18.5. The van der Waals surface area contributed by atoms with Gasteiger partial charge in [-0.2, -0.15) is 72.8 Å². The number of hydrogen-bond donors (Lipinski definition) is 0. The molecule has 0 saturated carbocycles. The Morgan fingerprint density at radius 3 is 1.15 bits per heavy atom. The van der Waals surface area contributed by atoms with Crippen molar-refractivity contribution in [3.8, 4) is 22.3 Å². The maximum absolute atomic E-state index is 11.5. The maximum Gasteiger partial charge on any atom is -0.0184 e. The number of rotatable bonds is 8. The number of nitrogens with zero attached hydrogens (tertiary/aromatic N) is 6. The Labute approximate surface area is 551 Å². The molecule has 0 aliphatic rings. The summed E-state index contributed by atoms with van der Waals surface area (Å²) >= 11 is 15.1. The fourth-order valence-electron chi connectivity index (χ4n) is 7.57. The van der Waals surface area contributed by atoms with Crippen LogP contribution in [0.4, 0.5) is 0 Å². The molecule has 0 spiro atoms. The number of methoxy groups -OCH3 is 2. The number of carbonyl (C=O) groups excluding carboxylic acids is 2. The molecule has 0 amide bonds. The summed E-state index contributed by atoms with van der Waals surface area (Å²) in [7, 11) is 12.4. The number of carbonyl (C=O) groups is 2. The number of ether oxygens (including phenoxy) is 2. The molecule has 0 aliphatic heterocycles. The van der Waals surface area contributed by atoms with Crippen molar-refractivity contribution in [1.29, 1.82) is 0 Å². The van der Waals surface area contributed by atoms with E-state index >= 15 is 0 Å². The fraction of sp³-hybridized carbons (Fsp3) is 0.0986. The quantitative estimate of drug-likeness (QED) is 0.0627. The molecule has 12 rings (SSSR count). The molecule has 6 heterocycles. The van der Waals surface area contributed by atoms with Crippen LogP contribution in [0, 0.1) is 12.1 Å². The van der Waals surface area contributed by atoms with Gasteiger partial charge in [0.15, 0.2) is 0 Å². The van der Waals surface area contributed by atoms with Crippen LogP contribution in [0.1, 0.15) is 37.8 Å². The van der Waals surface area contributed by atoms with E-state index in [9.17, 15) is 9.59 Å². The molecular formula is C71H63Cl5N6O4PdSn-2. The third-order valence-corrected chi connectivity index (χ3v) is 17.7. The molecule has 88 heavy (non-hydrogen) atoms. The van der Waals surface area contributed by atoms with Crippen molar-refractivity contribution in [3.63, 3.8) is 0 Å². The van der Waals surface area contributed by atoms with E-state index in [0.29, 0.717) is 33.5 Å². The Morgan fingerprint density at radius 1 is 0.443 bits per heavy atom. The normalized spacial score (nSPS) is 9.98. The minimum atomic E-state index is -2.15. The summed E-state index contributed by atoms with van der Waals surface area (Å²) in [6.07, 6.45) is 10.4. The molecule has 17 heteroatoms. The van der Waals surface area contributed by atoms with Crippen LogP contribution >= 0.6 is 53.9 Å². The zero-order chi connectivity index (χ0) is 63.2. The van der Waals surface area contributed by atoms with E-state index in [1.54, 1.807) is 55.4 Å². The number of pyridine rings is 6. The Balaban J connectivity index is 0.000000192. The van der Waals surface area contributed by atoms with Gasteiger partial charge in [0.05, 0.1) is 57.7 Å². The Kier molecular flexibility index (Phi) is 33.2. The van der Waals surface area contributed by atoms with Gasteiger partial charge >= 0.3 is 129 Å². The van der Waals surface area contributed by atoms with E-state index in [4.69, 9.17) is 58.6 Å². The zero-order valence-electron chi connectivity index (χ0n) is 48.8. The Bertz CT molecular complexity index is 3680. The van der Waals surface area contributed by atoms with E-state index in [1.807, 2.05) is 115 Å². The Hall–Kier alpha value is -7.41. The third-order valence-electron chi connectivity index (χ3n) is 11.8. The molecule has 0 bridgehead atoms. The maximum atomic E-state index is 11.5. The molecular weight excluding hydrogens is 1400 g/mol. The SMILES string of the molecule is COC(=O)c1ccn[c]([Sn]([CH3])([CH3])[CH3])c1.COC(=O)c1ccnc(Cc2cc3cc(Cl)cnc3cn2)c1.ClCc1cc2cc(Cl)cnc2cn1.[Cl][Pd][Cl].[c-]1ccccc1.[c-]1ccccc1.c1ccc(-c2ccccc2)cc1.c1ccc(-c2ccccc2)cc1. The van der Waals surface area contributed by atoms with Gasteiger partial charge < -0.3 is 4.74 Å². The number of alkyl halides is 1. The first-order valence-corrected chi connectivity index (χ1v) is 42.3. The standard InChI is InChI=1S/C16H12ClN3O2.2C12H10.C9H6Cl2N2.C7H6NO2.2C6H5.3CH3.2ClH.Pd.Sn/c1-22-16(21)10-2-3-18-13(5-10)7-14-6-11-4-12(17)8-20-15(11)9-19-14;2*1-3-7-11(8-4-1)12-9-5-2-6-10-12;10-3-8-2-6-1-7(11)4-13-9(6)5-12-8;1-10-7(9)6-2-4-8-5-3-6;2*1-2-4-6-5-3-1;;;;;;;/h2-6,8-9H,7H2,1H3;2*1-10H;1-2,4-5H,3H2;2-4H,1H3;2*1-5H;3*1H3;2*1H;;/q;;;;;2*-1;;;;;;+2;/p-2. The molecule has 0 unspecified atom stereocenters. The van der Waals surface area contributed by atoms with Gasteiger partial charge in [0.2, 0.25) is 0 Å². The van der Waals surface area contributed by atoms with Crippen molar-refractivity contribution in [3.05, 3.63) is 318 Å². The molecule has 12 aromatic rings. The van der Waals surface area contributed by atoms with Gasteiger partial charge in [-0.05, 0) is 58.7 Å². The molecule has 6 aromatic heterocycles. The largest absolute Gasteiger partial charge is 0.184 e. The molecule has 0 atom stereocenters. The number of benzene rings is 6. The van der Waals surface area contributed by atoms with Crippen molar-refractivity contribution in [2.75, 3.05) is 14.2 Å². The second-order valence-corrected chi connectivity index (χ2v) is 37.0. The van der Waals surface area contributed by atoms with E-state index in [2.05, 4.69) is 159 Å². The molecule has 10 nitrogen and oxygen atoms in total. The Morgan fingerprint density at radius 2 is 0.795 bits per heavy atom. The van der Waals surface area contributed by atoms with Crippen molar-refractivity contribution in [2.24, 2.45) is 0 Å². The first kappa shape index (κ1) is 71.3. The van der Waals surface area contributed by atoms with Crippen molar-refractivity contribution in [2.45, 2.75) is 27.1 Å². The number of esters is 2. The fourth-order valence-corrected chi connectivity index (χ4v) is 11.0. The molecule has 0 saturated heterocycles. The number of aromatic nitrogens is 6. The second kappa shape index (κ2) is 40.9. The van der Waals surface area contributed by atoms with E-state index in [-0.39, 0.29) is 27.9 Å². The van der Waals surface area contributed by atoms with Crippen LogP contribution in [0.15, 0.2) is 268 Å².